The third-order valence-electron chi connectivity index (χ3n) is 9.97. The van der Waals surface area contributed by atoms with E-state index >= 15 is 0 Å². The van der Waals surface area contributed by atoms with Crippen LogP contribution in [-0.4, -0.2) is 19.0 Å². The van der Waals surface area contributed by atoms with E-state index < -0.39 is 0 Å². The summed E-state index contributed by atoms with van der Waals surface area (Å²) in [6.07, 6.45) is 13.3. The maximum Gasteiger partial charge on any atom is 0.133 e. The van der Waals surface area contributed by atoms with E-state index in [-0.39, 0.29) is 0 Å². The van der Waals surface area contributed by atoms with Crippen molar-refractivity contribution in [3.05, 3.63) is 0 Å². The van der Waals surface area contributed by atoms with E-state index in [1.165, 1.54) is 51.4 Å². The summed E-state index contributed by atoms with van der Waals surface area (Å²) in [5.74, 6) is 5.14. The first kappa shape index (κ1) is 19.9. The van der Waals surface area contributed by atoms with Gasteiger partial charge in [0.1, 0.15) is 5.78 Å². The predicted octanol–water partition coefficient (Wildman–Crippen LogP) is 6.28. The van der Waals surface area contributed by atoms with Crippen LogP contribution >= 0.6 is 0 Å². The number of ether oxygens (including phenoxy) is 1. The summed E-state index contributed by atoms with van der Waals surface area (Å²) in [5, 5.41) is 0. The van der Waals surface area contributed by atoms with Crippen LogP contribution in [0.4, 0.5) is 0 Å². The van der Waals surface area contributed by atoms with Crippen LogP contribution in [0.5, 0.6) is 0 Å². The first-order valence-corrected chi connectivity index (χ1v) is 12.0. The number of carbonyl (C=O) groups is 1. The highest BCUT2D eigenvalue weighted by atomic mass is 16.5. The monoisotopic (exact) mass is 374 g/mol. The van der Waals surface area contributed by atoms with Gasteiger partial charge in [-0.3, -0.25) is 4.79 Å². The average Bonchev–Trinajstić information content (AvgIpc) is 2.99. The van der Waals surface area contributed by atoms with Crippen molar-refractivity contribution in [1.82, 2.24) is 0 Å². The minimum absolute atomic E-state index is 0.307. The Kier molecular flexibility index (Phi) is 5.51. The minimum Gasteiger partial charge on any atom is -0.381 e. The first-order valence-electron chi connectivity index (χ1n) is 12.0. The van der Waals surface area contributed by atoms with Crippen molar-refractivity contribution in [2.45, 2.75) is 91.9 Å². The Hall–Kier alpha value is -0.370. The number of hydrogen-bond acceptors (Lipinski definition) is 2. The molecule has 0 aromatic heterocycles. The van der Waals surface area contributed by atoms with Gasteiger partial charge in [-0.15, -0.1) is 0 Å². The van der Waals surface area contributed by atoms with E-state index in [9.17, 15) is 4.79 Å². The topological polar surface area (TPSA) is 26.3 Å². The smallest absolute Gasteiger partial charge is 0.133 e. The van der Waals surface area contributed by atoms with Crippen LogP contribution in [0.25, 0.3) is 0 Å². The van der Waals surface area contributed by atoms with Crippen molar-refractivity contribution < 1.29 is 9.53 Å². The number of fused-ring (bicyclic) bond motifs is 5. The molecule has 2 heteroatoms. The normalized spacial score (nSPS) is 49.2. The first-order chi connectivity index (χ1) is 12.9. The molecule has 154 valence electrons. The molecule has 0 N–H and O–H groups in total. The second kappa shape index (κ2) is 7.47. The molecule has 0 bridgehead atoms. The molecular formula is C25H42O2. The van der Waals surface area contributed by atoms with E-state index in [2.05, 4.69) is 20.8 Å². The molecule has 4 aliphatic carbocycles. The van der Waals surface area contributed by atoms with E-state index in [1.54, 1.807) is 0 Å². The van der Waals surface area contributed by atoms with Crippen LogP contribution in [-0.2, 0) is 9.53 Å². The Morgan fingerprint density at radius 2 is 1.70 bits per heavy atom. The summed E-state index contributed by atoms with van der Waals surface area (Å²) in [7, 11) is 0. The van der Waals surface area contributed by atoms with Crippen molar-refractivity contribution in [1.29, 1.82) is 0 Å². The van der Waals surface area contributed by atoms with Gasteiger partial charge in [0.2, 0.25) is 0 Å². The lowest BCUT2D eigenvalue weighted by Crippen LogP contribution is -2.54. The summed E-state index contributed by atoms with van der Waals surface area (Å²) in [5.41, 5.74) is 0.862. The molecule has 0 amide bonds. The van der Waals surface area contributed by atoms with Crippen molar-refractivity contribution in [2.24, 2.45) is 46.3 Å². The molecule has 0 saturated heterocycles. The van der Waals surface area contributed by atoms with Gasteiger partial charge in [-0.2, -0.15) is 0 Å². The molecule has 8 atom stereocenters. The molecule has 0 aliphatic heterocycles. The quantitative estimate of drug-likeness (QED) is 0.530. The van der Waals surface area contributed by atoms with Crippen molar-refractivity contribution >= 4 is 5.78 Å². The maximum atomic E-state index is 12.3. The van der Waals surface area contributed by atoms with Gasteiger partial charge in [0, 0.05) is 19.1 Å². The van der Waals surface area contributed by atoms with Gasteiger partial charge in [0.15, 0.2) is 0 Å². The van der Waals surface area contributed by atoms with Gasteiger partial charge < -0.3 is 4.74 Å². The van der Waals surface area contributed by atoms with Crippen LogP contribution in [0.2, 0.25) is 0 Å². The summed E-state index contributed by atoms with van der Waals surface area (Å²) < 4.78 is 5.91. The Balaban J connectivity index is 1.47. The van der Waals surface area contributed by atoms with Crippen LogP contribution in [0, 0.1) is 46.3 Å². The molecule has 0 aromatic carbocycles. The minimum atomic E-state index is 0.307. The van der Waals surface area contributed by atoms with Crippen LogP contribution in [0.15, 0.2) is 0 Å². The molecular weight excluding hydrogens is 332 g/mol. The lowest BCUT2D eigenvalue weighted by atomic mass is 9.44. The summed E-state index contributed by atoms with van der Waals surface area (Å²) in [4.78, 5) is 12.3. The number of hydrogen-bond donors (Lipinski definition) is 0. The van der Waals surface area contributed by atoms with Crippen LogP contribution < -0.4 is 0 Å². The Morgan fingerprint density at radius 3 is 2.44 bits per heavy atom. The number of Topliss-reactive ketones (excluding diaryl/α,β-unsaturated/α-hetero) is 1. The molecule has 4 fully saturated rings. The zero-order chi connectivity index (χ0) is 19.2. The second-order valence-corrected chi connectivity index (χ2v) is 11.2. The Morgan fingerprint density at radius 1 is 0.963 bits per heavy atom. The van der Waals surface area contributed by atoms with Gasteiger partial charge in [0.05, 0.1) is 0 Å². The molecule has 2 unspecified atom stereocenters. The molecule has 0 aromatic rings. The summed E-state index contributed by atoms with van der Waals surface area (Å²) in [6.45, 7) is 11.1. The van der Waals surface area contributed by atoms with Crippen LogP contribution in [0.1, 0.15) is 91.9 Å². The Labute approximate surface area is 167 Å². The molecule has 4 rings (SSSR count). The Bertz CT molecular complexity index is 557. The molecule has 0 heterocycles. The fourth-order valence-electron chi connectivity index (χ4n) is 8.56. The van der Waals surface area contributed by atoms with Crippen molar-refractivity contribution in [3.8, 4) is 0 Å². The highest BCUT2D eigenvalue weighted by Crippen LogP contribution is 2.67. The summed E-state index contributed by atoms with van der Waals surface area (Å²) >= 11 is 0. The number of carbonyl (C=O) groups excluding carboxylic acids is 1. The fraction of sp³-hybridized carbons (Fsp3) is 0.960. The zero-order valence-electron chi connectivity index (χ0n) is 18.3. The summed E-state index contributed by atoms with van der Waals surface area (Å²) in [6, 6.07) is 0. The molecule has 0 spiro atoms. The lowest BCUT2D eigenvalue weighted by molar-refractivity contribution is -0.136. The third kappa shape index (κ3) is 3.22. The average molecular weight is 375 g/mol. The van der Waals surface area contributed by atoms with E-state index in [4.69, 9.17) is 4.74 Å². The van der Waals surface area contributed by atoms with Gasteiger partial charge in [-0.1, -0.05) is 20.8 Å². The van der Waals surface area contributed by atoms with Gasteiger partial charge >= 0.3 is 0 Å². The highest BCUT2D eigenvalue weighted by molar-refractivity contribution is 5.79. The number of ketones is 1. The second-order valence-electron chi connectivity index (χ2n) is 11.2. The predicted molar refractivity (Wildman–Crippen MR) is 110 cm³/mol. The largest absolute Gasteiger partial charge is 0.381 e. The van der Waals surface area contributed by atoms with Crippen LogP contribution in [0.3, 0.4) is 0 Å². The highest BCUT2D eigenvalue weighted by Gasteiger charge is 2.60. The molecule has 4 aliphatic rings. The molecule has 2 nitrogen and oxygen atoms in total. The van der Waals surface area contributed by atoms with Gasteiger partial charge in [-0.25, -0.2) is 0 Å². The van der Waals surface area contributed by atoms with Crippen molar-refractivity contribution in [3.63, 3.8) is 0 Å². The maximum absolute atomic E-state index is 12.3. The van der Waals surface area contributed by atoms with E-state index in [0.29, 0.717) is 22.5 Å². The van der Waals surface area contributed by atoms with Gasteiger partial charge in [0.25, 0.3) is 0 Å². The number of rotatable bonds is 5. The molecule has 27 heavy (non-hydrogen) atoms. The van der Waals surface area contributed by atoms with E-state index in [1.807, 2.05) is 6.92 Å². The zero-order valence-corrected chi connectivity index (χ0v) is 18.3. The molecule has 0 radical (unpaired) electrons. The standard InChI is InChI=1S/C25H42O2/c1-5-14-27-16-18-10-12-24(3)19(15-18)6-7-20-22-9-8-21(17(2)26)25(22,4)13-11-23(20)24/h18-23H,5-16H2,1-4H3/t18?,19?,20-,21+,22-,23-,24-,25+/m0/s1. The lowest BCUT2D eigenvalue weighted by Gasteiger charge is -2.61. The third-order valence-corrected chi connectivity index (χ3v) is 9.97. The SMILES string of the molecule is CCCOCC1CC[C@@]2(C)C(CC[C@H]3[C@@H]4CC[C@H](C(C)=O)[C@@]4(C)CC[C@@H]32)C1. The van der Waals surface area contributed by atoms with E-state index in [0.717, 1.165) is 55.6 Å². The van der Waals surface area contributed by atoms with Gasteiger partial charge in [-0.05, 0) is 112 Å². The van der Waals surface area contributed by atoms with Crippen molar-refractivity contribution in [2.75, 3.05) is 13.2 Å². The molecule has 4 saturated carbocycles. The fourth-order valence-corrected chi connectivity index (χ4v) is 8.56.